The van der Waals surface area contributed by atoms with Gasteiger partial charge in [-0.25, -0.2) is 0 Å². The fourth-order valence-electron chi connectivity index (χ4n) is 3.06. The van der Waals surface area contributed by atoms with E-state index in [-0.39, 0.29) is 12.5 Å². The maximum absolute atomic E-state index is 12.4. The molecule has 1 fully saturated rings. The zero-order valence-electron chi connectivity index (χ0n) is 16.2. The van der Waals surface area contributed by atoms with Crippen molar-refractivity contribution in [2.24, 2.45) is 0 Å². The largest absolute Gasteiger partial charge is 0.411 e. The molecule has 0 aliphatic carbocycles. The summed E-state index contributed by atoms with van der Waals surface area (Å²) in [6, 6.07) is 14.0. The summed E-state index contributed by atoms with van der Waals surface area (Å²) in [5, 5.41) is 2.83. The first-order valence-corrected chi connectivity index (χ1v) is 9.38. The van der Waals surface area contributed by atoms with Gasteiger partial charge in [0.1, 0.15) is 6.61 Å². The Kier molecular flexibility index (Phi) is 6.76. The number of alkyl halides is 3. The van der Waals surface area contributed by atoms with E-state index in [9.17, 15) is 18.0 Å². The molecule has 1 aliphatic heterocycles. The predicted octanol–water partition coefficient (Wildman–Crippen LogP) is 3.77. The van der Waals surface area contributed by atoms with Crippen molar-refractivity contribution in [2.75, 3.05) is 50.1 Å². The number of ether oxygens (including phenoxy) is 1. The molecule has 2 aromatic carbocycles. The summed E-state index contributed by atoms with van der Waals surface area (Å²) in [5.41, 5.74) is 2.81. The summed E-state index contributed by atoms with van der Waals surface area (Å²) in [5.74, 6) is -0.278. The summed E-state index contributed by atoms with van der Waals surface area (Å²) in [6.07, 6.45) is -4.35. The Bertz CT molecular complexity index is 799. The molecule has 8 heteroatoms. The Hall–Kier alpha value is -2.58. The normalized spacial score (nSPS) is 15.4. The molecule has 0 radical (unpaired) electrons. The highest BCUT2D eigenvalue weighted by molar-refractivity contribution is 6.04. The topological polar surface area (TPSA) is 44.8 Å². The third kappa shape index (κ3) is 6.47. The van der Waals surface area contributed by atoms with E-state index in [1.165, 1.54) is 0 Å². The Morgan fingerprint density at radius 3 is 2.21 bits per heavy atom. The zero-order chi connectivity index (χ0) is 20.9. The molecule has 1 heterocycles. The number of nitrogens with one attached hydrogen (secondary N) is 1. The van der Waals surface area contributed by atoms with Crippen LogP contribution >= 0.6 is 0 Å². The lowest BCUT2D eigenvalue weighted by Gasteiger charge is -2.34. The molecular weight excluding hydrogens is 383 g/mol. The number of hydrogen-bond donors (Lipinski definition) is 1. The number of rotatable bonds is 6. The molecule has 0 atom stereocenters. The fraction of sp³-hybridized carbons (Fsp3) is 0.381. The lowest BCUT2D eigenvalue weighted by atomic mass is 10.1. The molecule has 0 aromatic heterocycles. The van der Waals surface area contributed by atoms with Gasteiger partial charge < -0.3 is 19.9 Å². The van der Waals surface area contributed by atoms with Gasteiger partial charge in [0.15, 0.2) is 0 Å². The van der Waals surface area contributed by atoms with Gasteiger partial charge in [-0.3, -0.25) is 4.79 Å². The first kappa shape index (κ1) is 21.1. The van der Waals surface area contributed by atoms with E-state index in [1.807, 2.05) is 24.3 Å². The molecule has 0 bridgehead atoms. The number of benzene rings is 2. The summed E-state index contributed by atoms with van der Waals surface area (Å²) in [4.78, 5) is 17.0. The van der Waals surface area contributed by atoms with Gasteiger partial charge in [-0.05, 0) is 49.0 Å². The molecule has 0 saturated carbocycles. The van der Waals surface area contributed by atoms with E-state index in [0.29, 0.717) is 16.8 Å². The van der Waals surface area contributed by atoms with Gasteiger partial charge in [0.2, 0.25) is 0 Å². The highest BCUT2D eigenvalue weighted by atomic mass is 19.4. The molecule has 1 aliphatic rings. The molecule has 2 aromatic rings. The SMILES string of the molecule is CN1CCN(c2ccc(NC(=O)c3ccc(COCC(F)(F)F)cc3)cc2)CC1. The van der Waals surface area contributed by atoms with E-state index in [1.54, 1.807) is 24.3 Å². The van der Waals surface area contributed by atoms with Crippen molar-refractivity contribution in [1.29, 1.82) is 0 Å². The van der Waals surface area contributed by atoms with Crippen molar-refractivity contribution in [3.63, 3.8) is 0 Å². The van der Waals surface area contributed by atoms with E-state index < -0.39 is 12.8 Å². The van der Waals surface area contributed by atoms with Gasteiger partial charge in [0, 0.05) is 43.1 Å². The van der Waals surface area contributed by atoms with E-state index in [2.05, 4.69) is 26.9 Å². The van der Waals surface area contributed by atoms with Crippen molar-refractivity contribution in [1.82, 2.24) is 4.90 Å². The van der Waals surface area contributed by atoms with Crippen molar-refractivity contribution in [3.8, 4) is 0 Å². The summed E-state index contributed by atoms with van der Waals surface area (Å²) in [7, 11) is 2.11. The minimum absolute atomic E-state index is 0.158. The number of carbonyl (C=O) groups excluding carboxylic acids is 1. The smallest absolute Gasteiger partial charge is 0.369 e. The standard InChI is InChI=1S/C21H24F3N3O2/c1-26-10-12-27(13-11-26)19-8-6-18(7-9-19)25-20(28)17-4-2-16(3-5-17)14-29-15-21(22,23)24/h2-9H,10-15H2,1H3,(H,25,28). The molecule has 1 N–H and O–H groups in total. The van der Waals surface area contributed by atoms with Crippen LogP contribution in [0.15, 0.2) is 48.5 Å². The molecule has 5 nitrogen and oxygen atoms in total. The second-order valence-electron chi connectivity index (χ2n) is 7.10. The second kappa shape index (κ2) is 9.28. The van der Waals surface area contributed by atoms with Crippen LogP contribution in [-0.2, 0) is 11.3 Å². The predicted molar refractivity (Wildman–Crippen MR) is 106 cm³/mol. The first-order valence-electron chi connectivity index (χ1n) is 9.38. The van der Waals surface area contributed by atoms with Crippen molar-refractivity contribution in [3.05, 3.63) is 59.7 Å². The number of hydrogen-bond acceptors (Lipinski definition) is 4. The van der Waals surface area contributed by atoms with Gasteiger partial charge in [-0.15, -0.1) is 0 Å². The van der Waals surface area contributed by atoms with Crippen LogP contribution in [-0.4, -0.2) is 56.8 Å². The summed E-state index contributed by atoms with van der Waals surface area (Å²) < 4.78 is 40.9. The molecule has 156 valence electrons. The second-order valence-corrected chi connectivity index (χ2v) is 7.10. The monoisotopic (exact) mass is 407 g/mol. The van der Waals surface area contributed by atoms with Crippen molar-refractivity contribution < 1.29 is 22.7 Å². The highest BCUT2D eigenvalue weighted by Gasteiger charge is 2.27. The van der Waals surface area contributed by atoms with Gasteiger partial charge in [-0.1, -0.05) is 12.1 Å². The zero-order valence-corrected chi connectivity index (χ0v) is 16.2. The molecule has 1 saturated heterocycles. The third-order valence-electron chi connectivity index (χ3n) is 4.74. The average Bonchev–Trinajstić information content (AvgIpc) is 2.69. The number of carbonyl (C=O) groups is 1. The number of piperazine rings is 1. The molecule has 0 spiro atoms. The highest BCUT2D eigenvalue weighted by Crippen LogP contribution is 2.20. The number of amides is 1. The number of likely N-dealkylation sites (N-methyl/N-ethyl adjacent to an activating group) is 1. The lowest BCUT2D eigenvalue weighted by molar-refractivity contribution is -0.176. The maximum Gasteiger partial charge on any atom is 0.411 e. The van der Waals surface area contributed by atoms with Crippen molar-refractivity contribution >= 4 is 17.3 Å². The minimum Gasteiger partial charge on any atom is -0.369 e. The third-order valence-corrected chi connectivity index (χ3v) is 4.74. The van der Waals surface area contributed by atoms with Crippen LogP contribution in [0.25, 0.3) is 0 Å². The fourth-order valence-corrected chi connectivity index (χ4v) is 3.06. The van der Waals surface area contributed by atoms with Crippen molar-refractivity contribution in [2.45, 2.75) is 12.8 Å². The van der Waals surface area contributed by atoms with Crippen LogP contribution in [0.2, 0.25) is 0 Å². The number of anilines is 2. The Morgan fingerprint density at radius 2 is 1.62 bits per heavy atom. The van der Waals surface area contributed by atoms with Crippen LogP contribution in [0, 0.1) is 0 Å². The molecule has 3 rings (SSSR count). The Balaban J connectivity index is 1.52. The number of nitrogens with zero attached hydrogens (tertiary/aromatic N) is 2. The Morgan fingerprint density at radius 1 is 1.00 bits per heavy atom. The van der Waals surface area contributed by atoms with Crippen LogP contribution in [0.1, 0.15) is 15.9 Å². The quantitative estimate of drug-likeness (QED) is 0.792. The van der Waals surface area contributed by atoms with E-state index >= 15 is 0 Å². The summed E-state index contributed by atoms with van der Waals surface area (Å²) >= 11 is 0. The Labute approximate surface area is 168 Å². The molecular formula is C21H24F3N3O2. The van der Waals surface area contributed by atoms with Crippen LogP contribution in [0.4, 0.5) is 24.5 Å². The van der Waals surface area contributed by atoms with Crippen LogP contribution < -0.4 is 10.2 Å². The van der Waals surface area contributed by atoms with Crippen LogP contribution in [0.5, 0.6) is 0 Å². The van der Waals surface area contributed by atoms with Crippen LogP contribution in [0.3, 0.4) is 0 Å². The van der Waals surface area contributed by atoms with Gasteiger partial charge >= 0.3 is 6.18 Å². The molecule has 1 amide bonds. The minimum atomic E-state index is -4.35. The average molecular weight is 407 g/mol. The maximum atomic E-state index is 12.4. The van der Waals surface area contributed by atoms with Gasteiger partial charge in [0.25, 0.3) is 5.91 Å². The first-order chi connectivity index (χ1) is 13.8. The molecule has 29 heavy (non-hydrogen) atoms. The lowest BCUT2D eigenvalue weighted by Crippen LogP contribution is -2.44. The number of halogens is 3. The van der Waals surface area contributed by atoms with E-state index in [4.69, 9.17) is 0 Å². The van der Waals surface area contributed by atoms with Gasteiger partial charge in [-0.2, -0.15) is 13.2 Å². The summed E-state index contributed by atoms with van der Waals surface area (Å²) in [6.45, 7) is 2.54. The molecule has 0 unspecified atom stereocenters. The van der Waals surface area contributed by atoms with Gasteiger partial charge in [0.05, 0.1) is 6.61 Å². The van der Waals surface area contributed by atoms with E-state index in [0.717, 1.165) is 31.9 Å².